The number of nitrogens with one attached hydrogen (secondary N) is 1. The fourth-order valence-corrected chi connectivity index (χ4v) is 6.33. The number of sulfonamides is 1. The third-order valence-corrected chi connectivity index (χ3v) is 7.95. The molecular weight excluding hydrogens is 447 g/mol. The molecule has 5 nitrogen and oxygen atoms in total. The fraction of sp³-hybridized carbons (Fsp3) is 0.350. The molecule has 0 unspecified atom stereocenters. The standard InChI is InChI=1S/C20H20BrFN2O3S/c21-14-6-10-16(11-7-14)28(26,27)24-18-2-1-3-20(25)23-17(18)12-19(24)13-4-8-15(22)9-5-13/h4-11,17-19H,1-3,12H2,(H,23,25)/t17-,18+,19+/m1/s1. The number of rotatable bonds is 3. The molecular formula is C20H20BrFN2O3S. The van der Waals surface area contributed by atoms with E-state index in [-0.39, 0.29) is 28.7 Å². The number of amides is 1. The second-order valence-electron chi connectivity index (χ2n) is 7.23. The van der Waals surface area contributed by atoms with Gasteiger partial charge in [-0.1, -0.05) is 28.1 Å². The predicted molar refractivity (Wildman–Crippen MR) is 106 cm³/mol. The van der Waals surface area contributed by atoms with Crippen LogP contribution in [0.1, 0.15) is 37.3 Å². The predicted octanol–water partition coefficient (Wildman–Crippen LogP) is 3.76. The van der Waals surface area contributed by atoms with Crippen LogP contribution in [0.2, 0.25) is 0 Å². The number of fused-ring (bicyclic) bond motifs is 1. The second-order valence-corrected chi connectivity index (χ2v) is 9.98. The van der Waals surface area contributed by atoms with E-state index in [1.54, 1.807) is 36.4 Å². The van der Waals surface area contributed by atoms with Gasteiger partial charge in [0.25, 0.3) is 0 Å². The molecule has 148 valence electrons. The molecule has 4 rings (SSSR count). The van der Waals surface area contributed by atoms with E-state index >= 15 is 0 Å². The maximum atomic E-state index is 13.6. The molecule has 2 aliphatic rings. The number of hydrogen-bond acceptors (Lipinski definition) is 3. The Morgan fingerprint density at radius 2 is 1.75 bits per heavy atom. The minimum atomic E-state index is -3.80. The fourth-order valence-electron chi connectivity index (χ4n) is 4.19. The first-order chi connectivity index (χ1) is 13.4. The average molecular weight is 467 g/mol. The molecule has 2 fully saturated rings. The molecule has 1 amide bonds. The van der Waals surface area contributed by atoms with Gasteiger partial charge >= 0.3 is 0 Å². The summed E-state index contributed by atoms with van der Waals surface area (Å²) in [7, 11) is -3.80. The van der Waals surface area contributed by atoms with Gasteiger partial charge in [-0.3, -0.25) is 4.79 Å². The maximum Gasteiger partial charge on any atom is 0.243 e. The first-order valence-electron chi connectivity index (χ1n) is 9.20. The van der Waals surface area contributed by atoms with Crippen LogP contribution in [0.3, 0.4) is 0 Å². The summed E-state index contributed by atoms with van der Waals surface area (Å²) in [5, 5.41) is 2.99. The summed E-state index contributed by atoms with van der Waals surface area (Å²) in [6.45, 7) is 0. The molecule has 0 bridgehead atoms. The number of hydrogen-bond donors (Lipinski definition) is 1. The topological polar surface area (TPSA) is 66.5 Å². The SMILES string of the molecule is O=C1CCC[C@H]2[C@@H](C[C@@H](c3ccc(F)cc3)N2S(=O)(=O)c2ccc(Br)cc2)N1. The summed E-state index contributed by atoms with van der Waals surface area (Å²) in [5.74, 6) is -0.417. The Hall–Kier alpha value is -1.77. The summed E-state index contributed by atoms with van der Waals surface area (Å²) >= 11 is 3.33. The highest BCUT2D eigenvalue weighted by atomic mass is 79.9. The first-order valence-corrected chi connectivity index (χ1v) is 11.4. The van der Waals surface area contributed by atoms with E-state index in [4.69, 9.17) is 0 Å². The van der Waals surface area contributed by atoms with Crippen molar-refractivity contribution in [3.05, 3.63) is 64.4 Å². The van der Waals surface area contributed by atoms with E-state index < -0.39 is 16.1 Å². The first kappa shape index (κ1) is 19.5. The van der Waals surface area contributed by atoms with E-state index in [0.717, 1.165) is 10.0 Å². The summed E-state index contributed by atoms with van der Waals surface area (Å²) < 4.78 is 42.9. The molecule has 2 aromatic rings. The lowest BCUT2D eigenvalue weighted by atomic mass is 10.0. The third kappa shape index (κ3) is 3.60. The normalized spacial score (nSPS) is 25.8. The Kier molecular flexibility index (Phi) is 5.28. The molecule has 0 aromatic heterocycles. The zero-order chi connectivity index (χ0) is 19.9. The molecule has 2 saturated heterocycles. The molecule has 0 spiro atoms. The maximum absolute atomic E-state index is 13.6. The van der Waals surface area contributed by atoms with E-state index in [1.807, 2.05) is 0 Å². The Labute approximate surface area is 172 Å². The number of carbonyl (C=O) groups is 1. The molecule has 28 heavy (non-hydrogen) atoms. The van der Waals surface area contributed by atoms with Gasteiger partial charge in [-0.25, -0.2) is 12.8 Å². The van der Waals surface area contributed by atoms with E-state index in [1.165, 1.54) is 16.4 Å². The summed E-state index contributed by atoms with van der Waals surface area (Å²) in [5.41, 5.74) is 0.726. The molecule has 0 aliphatic carbocycles. The molecule has 3 atom stereocenters. The zero-order valence-electron chi connectivity index (χ0n) is 15.0. The van der Waals surface area contributed by atoms with Crippen molar-refractivity contribution in [3.63, 3.8) is 0 Å². The van der Waals surface area contributed by atoms with Crippen LogP contribution in [0.5, 0.6) is 0 Å². The number of carbonyl (C=O) groups excluding carboxylic acids is 1. The lowest BCUT2D eigenvalue weighted by Gasteiger charge is -2.30. The minimum Gasteiger partial charge on any atom is -0.352 e. The van der Waals surface area contributed by atoms with Crippen molar-refractivity contribution >= 4 is 31.9 Å². The molecule has 2 aromatic carbocycles. The monoisotopic (exact) mass is 466 g/mol. The number of nitrogens with zero attached hydrogens (tertiary/aromatic N) is 1. The Bertz CT molecular complexity index is 980. The number of halogens is 2. The Morgan fingerprint density at radius 3 is 2.43 bits per heavy atom. The molecule has 0 saturated carbocycles. The highest BCUT2D eigenvalue weighted by Crippen LogP contribution is 2.43. The van der Waals surface area contributed by atoms with Gasteiger partial charge in [0.1, 0.15) is 5.82 Å². The van der Waals surface area contributed by atoms with Crippen LogP contribution >= 0.6 is 15.9 Å². The third-order valence-electron chi connectivity index (χ3n) is 5.47. The van der Waals surface area contributed by atoms with Crippen LogP contribution in [-0.2, 0) is 14.8 Å². The van der Waals surface area contributed by atoms with Crippen molar-refractivity contribution < 1.29 is 17.6 Å². The van der Waals surface area contributed by atoms with Gasteiger partial charge < -0.3 is 5.32 Å². The van der Waals surface area contributed by atoms with Crippen molar-refractivity contribution in [2.24, 2.45) is 0 Å². The molecule has 8 heteroatoms. The van der Waals surface area contributed by atoms with Crippen LogP contribution in [0.4, 0.5) is 4.39 Å². The summed E-state index contributed by atoms with van der Waals surface area (Å²) in [6, 6.07) is 11.4. The zero-order valence-corrected chi connectivity index (χ0v) is 17.4. The molecule has 2 heterocycles. The van der Waals surface area contributed by atoms with Crippen LogP contribution in [0.25, 0.3) is 0 Å². The lowest BCUT2D eigenvalue weighted by molar-refractivity contribution is -0.121. The van der Waals surface area contributed by atoms with Crippen LogP contribution in [-0.4, -0.2) is 30.7 Å². The molecule has 1 N–H and O–H groups in total. The van der Waals surface area contributed by atoms with Gasteiger partial charge in [-0.2, -0.15) is 4.31 Å². The second kappa shape index (κ2) is 7.57. The van der Waals surface area contributed by atoms with Gasteiger partial charge in [0.15, 0.2) is 0 Å². The van der Waals surface area contributed by atoms with Gasteiger partial charge in [0.2, 0.25) is 15.9 Å². The van der Waals surface area contributed by atoms with E-state index in [9.17, 15) is 17.6 Å². The van der Waals surface area contributed by atoms with Crippen molar-refractivity contribution in [1.82, 2.24) is 9.62 Å². The quantitative estimate of drug-likeness (QED) is 0.748. The minimum absolute atomic E-state index is 0.0479. The van der Waals surface area contributed by atoms with Crippen LogP contribution < -0.4 is 5.32 Å². The Balaban J connectivity index is 1.79. The highest BCUT2D eigenvalue weighted by Gasteiger charge is 2.49. The van der Waals surface area contributed by atoms with Gasteiger partial charge in [-0.05, 0) is 61.2 Å². The smallest absolute Gasteiger partial charge is 0.243 e. The molecule has 2 aliphatic heterocycles. The lowest BCUT2D eigenvalue weighted by Crippen LogP contribution is -2.45. The van der Waals surface area contributed by atoms with Crippen LogP contribution in [0.15, 0.2) is 57.9 Å². The summed E-state index contributed by atoms with van der Waals surface area (Å²) in [4.78, 5) is 12.3. The van der Waals surface area contributed by atoms with Crippen molar-refractivity contribution in [2.45, 2.75) is 48.7 Å². The van der Waals surface area contributed by atoms with E-state index in [0.29, 0.717) is 25.7 Å². The average Bonchev–Trinajstić information content (AvgIpc) is 2.91. The van der Waals surface area contributed by atoms with Gasteiger partial charge in [-0.15, -0.1) is 0 Å². The van der Waals surface area contributed by atoms with Crippen molar-refractivity contribution in [3.8, 4) is 0 Å². The van der Waals surface area contributed by atoms with Crippen molar-refractivity contribution in [2.75, 3.05) is 0 Å². The van der Waals surface area contributed by atoms with Crippen molar-refractivity contribution in [1.29, 1.82) is 0 Å². The van der Waals surface area contributed by atoms with E-state index in [2.05, 4.69) is 21.2 Å². The molecule has 0 radical (unpaired) electrons. The van der Waals surface area contributed by atoms with Crippen LogP contribution in [0, 0.1) is 5.82 Å². The highest BCUT2D eigenvalue weighted by molar-refractivity contribution is 9.10. The largest absolute Gasteiger partial charge is 0.352 e. The summed E-state index contributed by atoms with van der Waals surface area (Å²) in [6.07, 6.45) is 2.12. The Morgan fingerprint density at radius 1 is 1.07 bits per heavy atom. The van der Waals surface area contributed by atoms with Gasteiger partial charge in [0, 0.05) is 23.0 Å². The van der Waals surface area contributed by atoms with Gasteiger partial charge in [0.05, 0.1) is 10.9 Å². The number of benzene rings is 2.